The summed E-state index contributed by atoms with van der Waals surface area (Å²) < 4.78 is 0. The van der Waals surface area contributed by atoms with Gasteiger partial charge in [-0.2, -0.15) is 0 Å². The van der Waals surface area contributed by atoms with Crippen LogP contribution >= 0.6 is 11.3 Å². The van der Waals surface area contributed by atoms with E-state index in [2.05, 4.69) is 0 Å². The Balaban J connectivity index is 2.04. The summed E-state index contributed by atoms with van der Waals surface area (Å²) >= 11 is 1.34. The average Bonchev–Trinajstić information content (AvgIpc) is 2.80. The first-order chi connectivity index (χ1) is 9.87. The van der Waals surface area contributed by atoms with Crippen molar-refractivity contribution in [3.05, 3.63) is 28.0 Å². The number of hydrogen-bond acceptors (Lipinski definition) is 4. The molecular formula is C15H19NO4S. The first-order valence-electron chi connectivity index (χ1n) is 6.89. The van der Waals surface area contributed by atoms with E-state index in [1.165, 1.54) is 17.4 Å². The second-order valence-corrected chi connectivity index (χ2v) is 6.49. The first kappa shape index (κ1) is 15.7. The number of carbonyl (C=O) groups excluding carboxylic acids is 1. The number of carboxylic acid groups (broad SMARTS) is 1. The molecule has 1 aliphatic rings. The van der Waals surface area contributed by atoms with Crippen LogP contribution < -0.4 is 0 Å². The molecule has 114 valence electrons. The summed E-state index contributed by atoms with van der Waals surface area (Å²) in [6.07, 6.45) is 4.61. The molecular weight excluding hydrogens is 290 g/mol. The highest BCUT2D eigenvalue weighted by atomic mass is 32.1. The number of aliphatic carboxylic acids is 1. The fourth-order valence-corrected chi connectivity index (χ4v) is 3.13. The van der Waals surface area contributed by atoms with E-state index in [0.717, 1.165) is 17.4 Å². The molecule has 0 saturated carbocycles. The van der Waals surface area contributed by atoms with Gasteiger partial charge in [0.1, 0.15) is 0 Å². The standard InChI is InChI=1S/C15H19NO4S/c1-15(20)5-2-7-16(8-6-15)14(19)11-9-12(21-10-11)3-4-13(17)18/h3-4,9-10,20H,2,5-8H2,1H3,(H,17,18)/b4-3+. The molecule has 2 rings (SSSR count). The zero-order chi connectivity index (χ0) is 15.5. The maximum absolute atomic E-state index is 12.4. The lowest BCUT2D eigenvalue weighted by Gasteiger charge is -2.22. The lowest BCUT2D eigenvalue weighted by atomic mass is 9.98. The predicted octanol–water partition coefficient (Wildman–Crippen LogP) is 2.22. The Morgan fingerprint density at radius 3 is 2.86 bits per heavy atom. The van der Waals surface area contributed by atoms with Crippen molar-refractivity contribution in [2.75, 3.05) is 13.1 Å². The molecule has 1 aromatic rings. The van der Waals surface area contributed by atoms with Gasteiger partial charge in [-0.25, -0.2) is 4.79 Å². The molecule has 1 aromatic heterocycles. The number of carbonyl (C=O) groups is 2. The third-order valence-electron chi connectivity index (χ3n) is 3.61. The summed E-state index contributed by atoms with van der Waals surface area (Å²) in [4.78, 5) is 25.4. The summed E-state index contributed by atoms with van der Waals surface area (Å²) in [5, 5.41) is 20.4. The van der Waals surface area contributed by atoms with E-state index in [9.17, 15) is 14.7 Å². The quantitative estimate of drug-likeness (QED) is 0.839. The predicted molar refractivity (Wildman–Crippen MR) is 81.4 cm³/mol. The minimum absolute atomic E-state index is 0.0566. The number of rotatable bonds is 3. The van der Waals surface area contributed by atoms with Gasteiger partial charge in [0.25, 0.3) is 5.91 Å². The van der Waals surface area contributed by atoms with Crippen molar-refractivity contribution < 1.29 is 19.8 Å². The zero-order valence-corrected chi connectivity index (χ0v) is 12.7. The lowest BCUT2D eigenvalue weighted by Crippen LogP contribution is -2.33. The van der Waals surface area contributed by atoms with Crippen molar-refractivity contribution in [3.63, 3.8) is 0 Å². The molecule has 1 saturated heterocycles. The van der Waals surface area contributed by atoms with E-state index >= 15 is 0 Å². The van der Waals surface area contributed by atoms with Gasteiger partial charge in [0.15, 0.2) is 0 Å². The second-order valence-electron chi connectivity index (χ2n) is 5.55. The monoisotopic (exact) mass is 309 g/mol. The van der Waals surface area contributed by atoms with E-state index in [4.69, 9.17) is 5.11 Å². The Labute approximate surface area is 127 Å². The molecule has 0 radical (unpaired) electrons. The molecule has 1 amide bonds. The number of carboxylic acids is 1. The van der Waals surface area contributed by atoms with Crippen LogP contribution in [0.4, 0.5) is 0 Å². The Hall–Kier alpha value is -1.66. The van der Waals surface area contributed by atoms with Crippen molar-refractivity contribution >= 4 is 29.3 Å². The molecule has 21 heavy (non-hydrogen) atoms. The van der Waals surface area contributed by atoms with Crippen molar-refractivity contribution in [2.24, 2.45) is 0 Å². The van der Waals surface area contributed by atoms with Crippen molar-refractivity contribution in [2.45, 2.75) is 31.8 Å². The lowest BCUT2D eigenvalue weighted by molar-refractivity contribution is -0.131. The number of hydrogen-bond donors (Lipinski definition) is 2. The number of amides is 1. The average molecular weight is 309 g/mol. The molecule has 5 nitrogen and oxygen atoms in total. The molecule has 1 fully saturated rings. The van der Waals surface area contributed by atoms with Gasteiger partial charge in [-0.3, -0.25) is 4.79 Å². The minimum Gasteiger partial charge on any atom is -0.478 e. The fraction of sp³-hybridized carbons (Fsp3) is 0.467. The third kappa shape index (κ3) is 4.41. The van der Waals surface area contributed by atoms with Gasteiger partial charge in [-0.1, -0.05) is 0 Å². The van der Waals surface area contributed by atoms with Crippen LogP contribution in [0, 0.1) is 0 Å². The van der Waals surface area contributed by atoms with Gasteiger partial charge < -0.3 is 15.1 Å². The molecule has 2 N–H and O–H groups in total. The summed E-state index contributed by atoms with van der Waals surface area (Å²) in [5.41, 5.74) is -0.120. The number of nitrogens with zero attached hydrogens (tertiary/aromatic N) is 1. The van der Waals surface area contributed by atoms with Crippen LogP contribution in [0.1, 0.15) is 41.4 Å². The van der Waals surface area contributed by atoms with E-state index < -0.39 is 11.6 Å². The molecule has 0 spiro atoms. The van der Waals surface area contributed by atoms with Crippen LogP contribution in [0.3, 0.4) is 0 Å². The maximum atomic E-state index is 12.4. The van der Waals surface area contributed by atoms with Crippen LogP contribution in [-0.2, 0) is 4.79 Å². The van der Waals surface area contributed by atoms with Crippen molar-refractivity contribution in [3.8, 4) is 0 Å². The van der Waals surface area contributed by atoms with E-state index in [1.54, 1.807) is 23.3 Å². The summed E-state index contributed by atoms with van der Waals surface area (Å²) in [6.45, 7) is 2.99. The molecule has 1 unspecified atom stereocenters. The third-order valence-corrected chi connectivity index (χ3v) is 4.51. The van der Waals surface area contributed by atoms with E-state index in [1.807, 2.05) is 0 Å². The Morgan fingerprint density at radius 1 is 1.38 bits per heavy atom. The van der Waals surface area contributed by atoms with Gasteiger partial charge in [0.2, 0.25) is 0 Å². The smallest absolute Gasteiger partial charge is 0.328 e. The van der Waals surface area contributed by atoms with Crippen LogP contribution in [0.25, 0.3) is 6.08 Å². The molecule has 2 heterocycles. The van der Waals surface area contributed by atoms with Crippen LogP contribution in [0.5, 0.6) is 0 Å². The Kier molecular flexibility index (Phi) is 4.80. The van der Waals surface area contributed by atoms with Crippen LogP contribution in [0.2, 0.25) is 0 Å². The number of likely N-dealkylation sites (tertiary alicyclic amines) is 1. The number of thiophene rings is 1. The van der Waals surface area contributed by atoms with Gasteiger partial charge >= 0.3 is 5.97 Å². The number of aliphatic hydroxyl groups is 1. The normalized spacial score (nSPS) is 23.2. The van der Waals surface area contributed by atoms with E-state index in [0.29, 0.717) is 31.5 Å². The van der Waals surface area contributed by atoms with Gasteiger partial charge in [0, 0.05) is 29.4 Å². The van der Waals surface area contributed by atoms with Gasteiger partial charge in [-0.15, -0.1) is 11.3 Å². The fourth-order valence-electron chi connectivity index (χ4n) is 2.35. The highest BCUT2D eigenvalue weighted by molar-refractivity contribution is 7.11. The highest BCUT2D eigenvalue weighted by Gasteiger charge is 2.27. The summed E-state index contributed by atoms with van der Waals surface area (Å²) in [5.74, 6) is -1.06. The zero-order valence-electron chi connectivity index (χ0n) is 11.9. The van der Waals surface area contributed by atoms with Gasteiger partial charge in [0.05, 0.1) is 11.2 Å². The maximum Gasteiger partial charge on any atom is 0.328 e. The Morgan fingerprint density at radius 2 is 2.14 bits per heavy atom. The molecule has 6 heteroatoms. The SMILES string of the molecule is CC1(O)CCCN(C(=O)c2csc(/C=C/C(=O)O)c2)CC1. The minimum atomic E-state index is -1.01. The van der Waals surface area contributed by atoms with Gasteiger partial charge in [-0.05, 0) is 38.3 Å². The Bertz CT molecular complexity index is 562. The molecule has 0 aliphatic carbocycles. The van der Waals surface area contributed by atoms with Crippen molar-refractivity contribution in [1.82, 2.24) is 4.90 Å². The molecule has 1 atom stereocenters. The molecule has 0 bridgehead atoms. The molecule has 1 aliphatic heterocycles. The van der Waals surface area contributed by atoms with E-state index in [-0.39, 0.29) is 5.91 Å². The second kappa shape index (κ2) is 6.41. The van der Waals surface area contributed by atoms with Crippen molar-refractivity contribution in [1.29, 1.82) is 0 Å². The largest absolute Gasteiger partial charge is 0.478 e. The summed E-state index contributed by atoms with van der Waals surface area (Å²) in [6, 6.07) is 1.70. The highest BCUT2D eigenvalue weighted by Crippen LogP contribution is 2.24. The van der Waals surface area contributed by atoms with Crippen LogP contribution in [-0.4, -0.2) is 45.7 Å². The first-order valence-corrected chi connectivity index (χ1v) is 7.76. The topological polar surface area (TPSA) is 77.8 Å². The summed E-state index contributed by atoms with van der Waals surface area (Å²) in [7, 11) is 0. The molecule has 0 aromatic carbocycles. The van der Waals surface area contributed by atoms with Crippen LogP contribution in [0.15, 0.2) is 17.5 Å².